The van der Waals surface area contributed by atoms with Crippen LogP contribution in [0.3, 0.4) is 0 Å². The zero-order valence-electron chi connectivity index (χ0n) is 14.3. The third-order valence-corrected chi connectivity index (χ3v) is 5.33. The SMILES string of the molecule is O=C(Cc1c[nH]c2ccccc12)N[C@H]1C[C@H]2CO[C@@H](CCO)CN2C1. The first-order valence-electron chi connectivity index (χ1n) is 9.04. The van der Waals surface area contributed by atoms with E-state index in [2.05, 4.69) is 15.2 Å². The van der Waals surface area contributed by atoms with Crippen molar-refractivity contribution < 1.29 is 14.6 Å². The van der Waals surface area contributed by atoms with E-state index in [0.29, 0.717) is 25.5 Å². The second-order valence-corrected chi connectivity index (χ2v) is 7.11. The molecule has 0 aliphatic carbocycles. The minimum atomic E-state index is 0.0717. The van der Waals surface area contributed by atoms with E-state index in [9.17, 15) is 4.79 Å². The quantitative estimate of drug-likeness (QED) is 0.758. The maximum Gasteiger partial charge on any atom is 0.224 e. The maximum absolute atomic E-state index is 12.5. The van der Waals surface area contributed by atoms with Crippen LogP contribution in [0.1, 0.15) is 18.4 Å². The van der Waals surface area contributed by atoms with Crippen molar-refractivity contribution in [3.8, 4) is 0 Å². The smallest absolute Gasteiger partial charge is 0.224 e. The second kappa shape index (κ2) is 7.15. The van der Waals surface area contributed by atoms with Crippen LogP contribution in [0.2, 0.25) is 0 Å². The predicted molar refractivity (Wildman–Crippen MR) is 95.4 cm³/mol. The van der Waals surface area contributed by atoms with Crippen molar-refractivity contribution >= 4 is 16.8 Å². The minimum absolute atomic E-state index is 0.0717. The van der Waals surface area contributed by atoms with Crippen molar-refractivity contribution in [3.63, 3.8) is 0 Å². The molecule has 6 nitrogen and oxygen atoms in total. The Labute approximate surface area is 147 Å². The maximum atomic E-state index is 12.5. The Kier molecular flexibility index (Phi) is 4.74. The van der Waals surface area contributed by atoms with Gasteiger partial charge in [0.25, 0.3) is 0 Å². The molecule has 1 amide bonds. The highest BCUT2D eigenvalue weighted by Gasteiger charge is 2.37. The number of ether oxygens (including phenoxy) is 1. The Morgan fingerprint density at radius 1 is 1.36 bits per heavy atom. The van der Waals surface area contributed by atoms with E-state index >= 15 is 0 Å². The van der Waals surface area contributed by atoms with Gasteiger partial charge in [0.05, 0.1) is 19.1 Å². The molecule has 3 N–H and O–H groups in total. The molecule has 134 valence electrons. The second-order valence-electron chi connectivity index (χ2n) is 7.11. The average molecular weight is 343 g/mol. The zero-order valence-corrected chi connectivity index (χ0v) is 14.3. The molecular weight excluding hydrogens is 318 g/mol. The van der Waals surface area contributed by atoms with Gasteiger partial charge in [0.1, 0.15) is 0 Å². The molecule has 2 aromatic rings. The van der Waals surface area contributed by atoms with Crippen LogP contribution in [0.4, 0.5) is 0 Å². The number of H-pyrrole nitrogens is 1. The van der Waals surface area contributed by atoms with Crippen molar-refractivity contribution in [2.24, 2.45) is 0 Å². The molecule has 2 saturated heterocycles. The standard InChI is InChI=1S/C19H25N3O3/c23-6-5-16-11-22-10-14(8-15(22)12-25-16)21-19(24)7-13-9-20-18-4-2-1-3-17(13)18/h1-4,9,14-16,20,23H,5-8,10-12H2,(H,21,24)/t14-,15-,16-/m0/s1. The number of hydrogen-bond donors (Lipinski definition) is 3. The summed E-state index contributed by atoms with van der Waals surface area (Å²) in [5.74, 6) is 0.0717. The third kappa shape index (κ3) is 3.56. The summed E-state index contributed by atoms with van der Waals surface area (Å²) in [7, 11) is 0. The monoisotopic (exact) mass is 343 g/mol. The number of hydrogen-bond acceptors (Lipinski definition) is 4. The lowest BCUT2D eigenvalue weighted by atomic mass is 10.1. The minimum Gasteiger partial charge on any atom is -0.396 e. The predicted octanol–water partition coefficient (Wildman–Crippen LogP) is 1.05. The number of aliphatic hydroxyl groups excluding tert-OH is 1. The summed E-state index contributed by atoms with van der Waals surface area (Å²) in [5, 5.41) is 13.4. The fraction of sp³-hybridized carbons (Fsp3) is 0.526. The number of aromatic amines is 1. The number of nitrogens with zero attached hydrogens (tertiary/aromatic N) is 1. The van der Waals surface area contributed by atoms with E-state index in [0.717, 1.165) is 36.0 Å². The summed E-state index contributed by atoms with van der Waals surface area (Å²) in [6.07, 6.45) is 4.05. The molecule has 2 fully saturated rings. The van der Waals surface area contributed by atoms with Crippen LogP contribution in [0, 0.1) is 0 Å². The lowest BCUT2D eigenvalue weighted by molar-refractivity contribution is -0.121. The molecule has 2 aliphatic heterocycles. The average Bonchev–Trinajstić information content (AvgIpc) is 3.18. The van der Waals surface area contributed by atoms with Gasteiger partial charge in [-0.05, 0) is 24.5 Å². The molecule has 3 atom stereocenters. The highest BCUT2D eigenvalue weighted by molar-refractivity contribution is 5.88. The van der Waals surface area contributed by atoms with E-state index in [1.54, 1.807) is 0 Å². The van der Waals surface area contributed by atoms with Crippen LogP contribution < -0.4 is 5.32 Å². The molecule has 0 saturated carbocycles. The van der Waals surface area contributed by atoms with Gasteiger partial charge in [-0.15, -0.1) is 0 Å². The van der Waals surface area contributed by atoms with Gasteiger partial charge in [-0.1, -0.05) is 18.2 Å². The number of carbonyl (C=O) groups excluding carboxylic acids is 1. The van der Waals surface area contributed by atoms with Gasteiger partial charge in [0.15, 0.2) is 0 Å². The number of rotatable bonds is 5. The van der Waals surface area contributed by atoms with E-state index in [4.69, 9.17) is 9.84 Å². The van der Waals surface area contributed by atoms with Crippen LogP contribution in [0.25, 0.3) is 10.9 Å². The van der Waals surface area contributed by atoms with Gasteiger partial charge in [0, 0.05) is 48.9 Å². The molecule has 6 heteroatoms. The van der Waals surface area contributed by atoms with E-state index in [-0.39, 0.29) is 24.7 Å². The number of nitrogens with one attached hydrogen (secondary N) is 2. The number of aromatic nitrogens is 1. The lowest BCUT2D eigenvalue weighted by Crippen LogP contribution is -2.46. The lowest BCUT2D eigenvalue weighted by Gasteiger charge is -2.34. The van der Waals surface area contributed by atoms with E-state index in [1.165, 1.54) is 0 Å². The number of fused-ring (bicyclic) bond motifs is 2. The molecule has 3 heterocycles. The van der Waals surface area contributed by atoms with E-state index in [1.807, 2.05) is 30.5 Å². The first-order valence-corrected chi connectivity index (χ1v) is 9.04. The van der Waals surface area contributed by atoms with Gasteiger partial charge >= 0.3 is 0 Å². The Hall–Kier alpha value is -1.89. The first kappa shape index (κ1) is 16.6. The molecule has 1 aromatic carbocycles. The Morgan fingerprint density at radius 2 is 2.24 bits per heavy atom. The highest BCUT2D eigenvalue weighted by atomic mass is 16.5. The largest absolute Gasteiger partial charge is 0.396 e. The van der Waals surface area contributed by atoms with Gasteiger partial charge < -0.3 is 20.1 Å². The number of benzene rings is 1. The summed E-state index contributed by atoms with van der Waals surface area (Å²) in [6, 6.07) is 8.61. The van der Waals surface area contributed by atoms with Gasteiger partial charge in [-0.3, -0.25) is 9.69 Å². The number of para-hydroxylation sites is 1. The molecule has 0 radical (unpaired) electrons. The topological polar surface area (TPSA) is 77.6 Å². The molecule has 0 spiro atoms. The zero-order chi connectivity index (χ0) is 17.2. The van der Waals surface area contributed by atoms with Gasteiger partial charge in [-0.2, -0.15) is 0 Å². The summed E-state index contributed by atoms with van der Waals surface area (Å²) in [6.45, 7) is 2.57. The number of carbonyl (C=O) groups is 1. The van der Waals surface area contributed by atoms with Crippen molar-refractivity contribution in [2.45, 2.75) is 37.5 Å². The van der Waals surface area contributed by atoms with Crippen LogP contribution in [-0.4, -0.2) is 65.4 Å². The molecule has 0 bridgehead atoms. The molecular formula is C19H25N3O3. The Morgan fingerprint density at radius 3 is 3.12 bits per heavy atom. The van der Waals surface area contributed by atoms with Crippen LogP contribution in [-0.2, 0) is 16.0 Å². The summed E-state index contributed by atoms with van der Waals surface area (Å²) >= 11 is 0. The molecule has 25 heavy (non-hydrogen) atoms. The van der Waals surface area contributed by atoms with E-state index < -0.39 is 0 Å². The first-order chi connectivity index (χ1) is 12.2. The van der Waals surface area contributed by atoms with Gasteiger partial charge in [0.2, 0.25) is 5.91 Å². The fourth-order valence-electron chi connectivity index (χ4n) is 4.10. The van der Waals surface area contributed by atoms with Crippen LogP contribution in [0.5, 0.6) is 0 Å². The number of morpholine rings is 1. The molecule has 0 unspecified atom stereocenters. The fourth-order valence-corrected chi connectivity index (χ4v) is 4.10. The number of aliphatic hydroxyl groups is 1. The Bertz CT molecular complexity index is 744. The Balaban J connectivity index is 1.33. The molecule has 1 aromatic heterocycles. The van der Waals surface area contributed by atoms with Crippen molar-refractivity contribution in [1.29, 1.82) is 0 Å². The van der Waals surface area contributed by atoms with Crippen LogP contribution in [0.15, 0.2) is 30.5 Å². The van der Waals surface area contributed by atoms with Crippen molar-refractivity contribution in [2.75, 3.05) is 26.3 Å². The van der Waals surface area contributed by atoms with Crippen molar-refractivity contribution in [1.82, 2.24) is 15.2 Å². The summed E-state index contributed by atoms with van der Waals surface area (Å²) in [4.78, 5) is 18.1. The third-order valence-electron chi connectivity index (χ3n) is 5.33. The summed E-state index contributed by atoms with van der Waals surface area (Å²) < 4.78 is 5.80. The number of amides is 1. The van der Waals surface area contributed by atoms with Crippen molar-refractivity contribution in [3.05, 3.63) is 36.0 Å². The van der Waals surface area contributed by atoms with Gasteiger partial charge in [-0.25, -0.2) is 0 Å². The molecule has 4 rings (SSSR count). The summed E-state index contributed by atoms with van der Waals surface area (Å²) in [5.41, 5.74) is 2.10. The normalized spacial score (nSPS) is 26.7. The highest BCUT2D eigenvalue weighted by Crippen LogP contribution is 2.24. The molecule has 2 aliphatic rings. The van der Waals surface area contributed by atoms with Crippen LogP contribution >= 0.6 is 0 Å².